The predicted octanol–water partition coefficient (Wildman–Crippen LogP) is 4.07. The fourth-order valence-corrected chi connectivity index (χ4v) is 4.70. The van der Waals surface area contributed by atoms with Gasteiger partial charge in [0.1, 0.15) is 16.9 Å². The minimum atomic E-state index is -0.729. The fraction of sp³-hybridized carbons (Fsp3) is 0.391. The quantitative estimate of drug-likeness (QED) is 0.505. The highest BCUT2D eigenvalue weighted by Crippen LogP contribution is 2.42. The summed E-state index contributed by atoms with van der Waals surface area (Å²) in [7, 11) is 0. The van der Waals surface area contributed by atoms with E-state index in [4.69, 9.17) is 4.74 Å². The van der Waals surface area contributed by atoms with Crippen LogP contribution in [0.25, 0.3) is 0 Å². The number of ether oxygens (including phenoxy) is 1. The van der Waals surface area contributed by atoms with Crippen LogP contribution < -0.4 is 4.74 Å². The number of carbonyl (C=O) groups is 2. The smallest absolute Gasteiger partial charge is 0.279 e. The Balaban J connectivity index is 1.56. The summed E-state index contributed by atoms with van der Waals surface area (Å²) >= 11 is 0. The molecule has 0 saturated carbocycles. The molecule has 2 aromatic carbocycles. The van der Waals surface area contributed by atoms with E-state index in [1.807, 2.05) is 26.0 Å². The summed E-state index contributed by atoms with van der Waals surface area (Å²) in [6.07, 6.45) is 1.03. The van der Waals surface area contributed by atoms with Crippen molar-refractivity contribution >= 4 is 23.1 Å². The number of amides is 1. The molecule has 0 bridgehead atoms. The average Bonchev–Trinajstić information content (AvgIpc) is 2.74. The topological polar surface area (TPSA) is 133 Å². The summed E-state index contributed by atoms with van der Waals surface area (Å²) in [5, 5.41) is 22.7. The van der Waals surface area contributed by atoms with Gasteiger partial charge in [-0.05, 0) is 38.0 Å². The molecule has 1 saturated heterocycles. The Morgan fingerprint density at radius 2 is 1.58 bits per heavy atom. The van der Waals surface area contributed by atoms with Crippen molar-refractivity contribution in [3.05, 3.63) is 72.3 Å². The van der Waals surface area contributed by atoms with Crippen LogP contribution in [0.2, 0.25) is 0 Å². The first-order valence-corrected chi connectivity index (χ1v) is 10.6. The van der Waals surface area contributed by atoms with Gasteiger partial charge in [0, 0.05) is 38.1 Å². The lowest BCUT2D eigenvalue weighted by Crippen LogP contribution is -2.52. The first kappa shape index (κ1) is 22.4. The molecule has 0 radical (unpaired) electrons. The maximum absolute atomic E-state index is 13.1. The largest absolute Gasteiger partial charge is 0.486 e. The number of likely N-dealkylation sites (tertiary alicyclic amines) is 1. The fourth-order valence-electron chi connectivity index (χ4n) is 4.70. The van der Waals surface area contributed by atoms with Gasteiger partial charge in [0.15, 0.2) is 5.78 Å². The van der Waals surface area contributed by atoms with E-state index in [0.717, 1.165) is 23.3 Å². The van der Waals surface area contributed by atoms with Gasteiger partial charge < -0.3 is 9.64 Å². The van der Waals surface area contributed by atoms with Gasteiger partial charge in [0.05, 0.1) is 27.4 Å². The van der Waals surface area contributed by atoms with Crippen molar-refractivity contribution in [3.63, 3.8) is 0 Å². The number of nitrogens with zero attached hydrogens (tertiary/aromatic N) is 3. The molecule has 172 valence electrons. The average molecular weight is 453 g/mol. The van der Waals surface area contributed by atoms with E-state index >= 15 is 0 Å². The number of carbonyl (C=O) groups excluding carboxylic acids is 2. The van der Waals surface area contributed by atoms with Crippen LogP contribution in [0, 0.1) is 41.0 Å². The molecule has 0 unspecified atom stereocenters. The van der Waals surface area contributed by atoms with E-state index < -0.39 is 32.7 Å². The zero-order valence-corrected chi connectivity index (χ0v) is 18.5. The molecular weight excluding hydrogens is 430 g/mol. The third kappa shape index (κ3) is 3.92. The first-order chi connectivity index (χ1) is 15.5. The number of Topliss-reactive ketones (excluding diaryl/α,β-unsaturated/α-hetero) is 1. The van der Waals surface area contributed by atoms with Crippen molar-refractivity contribution in [3.8, 4) is 5.75 Å². The Morgan fingerprint density at radius 1 is 1.00 bits per heavy atom. The van der Waals surface area contributed by atoms with Crippen molar-refractivity contribution in [2.75, 3.05) is 13.1 Å². The molecule has 4 rings (SSSR count). The number of ketones is 1. The SMILES string of the molecule is Cc1cc(C)c2c(c1)C(=O)CC1(CCN(C(=O)c3cc([N+](=O)[O-])c(C)c([N+](=O)[O-])c3)CC1)O2. The highest BCUT2D eigenvalue weighted by molar-refractivity contribution is 6.01. The summed E-state index contributed by atoms with van der Waals surface area (Å²) in [6, 6.07) is 5.95. The highest BCUT2D eigenvalue weighted by Gasteiger charge is 2.44. The van der Waals surface area contributed by atoms with Gasteiger partial charge in [-0.1, -0.05) is 6.07 Å². The van der Waals surface area contributed by atoms with Gasteiger partial charge in [0.2, 0.25) is 0 Å². The molecule has 0 aliphatic carbocycles. The standard InChI is InChI=1S/C23H23N3O7/c1-13-8-14(2)21-17(9-13)20(27)12-23(33-21)4-6-24(7-5-23)22(28)16-10-18(25(29)30)15(3)19(11-16)26(31)32/h8-11H,4-7,12H2,1-3H3. The lowest BCUT2D eigenvalue weighted by atomic mass is 9.81. The molecule has 2 heterocycles. The summed E-state index contributed by atoms with van der Waals surface area (Å²) in [5.41, 5.74) is 0.595. The molecule has 10 heteroatoms. The third-order valence-electron chi connectivity index (χ3n) is 6.48. The van der Waals surface area contributed by atoms with Gasteiger partial charge >= 0.3 is 0 Å². The van der Waals surface area contributed by atoms with Crippen molar-refractivity contribution in [1.29, 1.82) is 0 Å². The van der Waals surface area contributed by atoms with Crippen molar-refractivity contribution in [1.82, 2.24) is 4.90 Å². The molecule has 2 aliphatic rings. The molecule has 0 aromatic heterocycles. The van der Waals surface area contributed by atoms with E-state index in [1.165, 1.54) is 11.8 Å². The molecule has 1 amide bonds. The Hall–Kier alpha value is -3.82. The van der Waals surface area contributed by atoms with Crippen LogP contribution in [-0.2, 0) is 0 Å². The first-order valence-electron chi connectivity index (χ1n) is 10.6. The number of fused-ring (bicyclic) bond motifs is 1. The van der Waals surface area contributed by atoms with E-state index in [1.54, 1.807) is 0 Å². The van der Waals surface area contributed by atoms with Crippen LogP contribution in [0.3, 0.4) is 0 Å². The molecule has 2 aliphatic heterocycles. The zero-order valence-electron chi connectivity index (χ0n) is 18.5. The lowest BCUT2D eigenvalue weighted by Gasteiger charge is -2.44. The van der Waals surface area contributed by atoms with Gasteiger partial charge in [-0.25, -0.2) is 0 Å². The summed E-state index contributed by atoms with van der Waals surface area (Å²) in [5.74, 6) is 0.0689. The van der Waals surface area contributed by atoms with Crippen LogP contribution in [0.1, 0.15) is 56.7 Å². The lowest BCUT2D eigenvalue weighted by molar-refractivity contribution is -0.395. The third-order valence-corrected chi connectivity index (χ3v) is 6.48. The van der Waals surface area contributed by atoms with Crippen LogP contribution >= 0.6 is 0 Å². The second kappa shape index (κ2) is 7.95. The number of aryl methyl sites for hydroxylation is 2. The van der Waals surface area contributed by atoms with Gasteiger partial charge in [0.25, 0.3) is 17.3 Å². The highest BCUT2D eigenvalue weighted by atomic mass is 16.6. The summed E-state index contributed by atoms with van der Waals surface area (Å²) < 4.78 is 6.33. The minimum Gasteiger partial charge on any atom is -0.486 e. The number of rotatable bonds is 3. The Kier molecular flexibility index (Phi) is 5.39. The molecule has 33 heavy (non-hydrogen) atoms. The normalized spacial score (nSPS) is 16.8. The van der Waals surface area contributed by atoms with Crippen molar-refractivity contribution < 1.29 is 24.2 Å². The second-order valence-electron chi connectivity index (χ2n) is 8.79. The minimum absolute atomic E-state index is 0.00705. The molecule has 0 atom stereocenters. The zero-order chi connectivity index (χ0) is 24.1. The number of piperidine rings is 1. The molecule has 0 N–H and O–H groups in total. The summed E-state index contributed by atoms with van der Waals surface area (Å²) in [4.78, 5) is 48.6. The second-order valence-corrected chi connectivity index (χ2v) is 8.79. The number of nitro groups is 2. The Labute approximate surface area is 189 Å². The van der Waals surface area contributed by atoms with Crippen LogP contribution in [0.5, 0.6) is 5.75 Å². The van der Waals surface area contributed by atoms with Gasteiger partial charge in [-0.3, -0.25) is 29.8 Å². The maximum atomic E-state index is 13.1. The van der Waals surface area contributed by atoms with Gasteiger partial charge in [-0.15, -0.1) is 0 Å². The van der Waals surface area contributed by atoms with E-state index in [0.29, 0.717) is 24.2 Å². The number of nitro benzene ring substituents is 2. The van der Waals surface area contributed by atoms with E-state index in [2.05, 4.69) is 0 Å². The van der Waals surface area contributed by atoms with E-state index in [9.17, 15) is 29.8 Å². The number of hydrogen-bond donors (Lipinski definition) is 0. The van der Waals surface area contributed by atoms with E-state index in [-0.39, 0.29) is 36.4 Å². The van der Waals surface area contributed by atoms with Gasteiger partial charge in [-0.2, -0.15) is 0 Å². The van der Waals surface area contributed by atoms with Crippen LogP contribution in [0.15, 0.2) is 24.3 Å². The molecular formula is C23H23N3O7. The Morgan fingerprint density at radius 3 is 2.12 bits per heavy atom. The molecule has 1 fully saturated rings. The maximum Gasteiger partial charge on any atom is 0.279 e. The van der Waals surface area contributed by atoms with Crippen LogP contribution in [-0.4, -0.2) is 45.1 Å². The Bertz CT molecular complexity index is 1180. The van der Waals surface area contributed by atoms with Crippen LogP contribution in [0.4, 0.5) is 11.4 Å². The van der Waals surface area contributed by atoms with Crippen molar-refractivity contribution in [2.24, 2.45) is 0 Å². The summed E-state index contributed by atoms with van der Waals surface area (Å²) in [6.45, 7) is 5.64. The number of benzene rings is 2. The van der Waals surface area contributed by atoms with Crippen molar-refractivity contribution in [2.45, 2.75) is 45.6 Å². The molecule has 10 nitrogen and oxygen atoms in total. The number of hydrogen-bond acceptors (Lipinski definition) is 7. The molecule has 2 aromatic rings. The molecule has 1 spiro atoms. The monoisotopic (exact) mass is 453 g/mol. The predicted molar refractivity (Wildman–Crippen MR) is 118 cm³/mol.